The number of amides is 1. The highest BCUT2D eigenvalue weighted by Crippen LogP contribution is 2.40. The molecule has 2 aliphatic rings. The summed E-state index contributed by atoms with van der Waals surface area (Å²) in [5, 5.41) is 8.75. The molecule has 5 nitrogen and oxygen atoms in total. The van der Waals surface area contributed by atoms with Crippen molar-refractivity contribution in [2.45, 2.75) is 25.7 Å². The fourth-order valence-electron chi connectivity index (χ4n) is 3.15. The number of carbonyl (C=O) groups excluding carboxylic acids is 1. The average molecular weight is 341 g/mol. The maximum atomic E-state index is 12.2. The molecule has 1 spiro atoms. The van der Waals surface area contributed by atoms with Gasteiger partial charge in [-0.25, -0.2) is 8.78 Å². The van der Waals surface area contributed by atoms with Crippen molar-refractivity contribution in [3.05, 3.63) is 35.9 Å². The zero-order chi connectivity index (χ0) is 17.6. The second-order valence-corrected chi connectivity index (χ2v) is 6.06. The van der Waals surface area contributed by atoms with Crippen LogP contribution in [0.1, 0.15) is 25.7 Å². The highest BCUT2D eigenvalue weighted by atomic mass is 19.1. The third kappa shape index (κ3) is 4.74. The van der Waals surface area contributed by atoms with Crippen molar-refractivity contribution in [3.63, 3.8) is 0 Å². The summed E-state index contributed by atoms with van der Waals surface area (Å²) in [7, 11) is 0. The molecule has 0 unspecified atom stereocenters. The number of carboxylic acids is 1. The molecule has 7 heteroatoms. The predicted molar refractivity (Wildman–Crippen MR) is 82.3 cm³/mol. The third-order valence-electron chi connectivity index (χ3n) is 4.39. The molecule has 0 bridgehead atoms. The Hall–Kier alpha value is -2.02. The van der Waals surface area contributed by atoms with Crippen LogP contribution in [-0.2, 0) is 14.3 Å². The standard InChI is InChI=1S/C11H17NO4.C6H4F2/c13-9(14)8-12-5-1-2-11(10(12)15)3-6-16-7-4-11;7-5-2-1-3-6(8)4-5/h1-8H2,(H,13,14);1-4H. The fourth-order valence-corrected chi connectivity index (χ4v) is 3.15. The van der Waals surface area contributed by atoms with Gasteiger partial charge in [0.15, 0.2) is 0 Å². The monoisotopic (exact) mass is 341 g/mol. The van der Waals surface area contributed by atoms with Crippen LogP contribution in [0.4, 0.5) is 8.78 Å². The van der Waals surface area contributed by atoms with Crippen molar-refractivity contribution >= 4 is 11.9 Å². The van der Waals surface area contributed by atoms with Crippen molar-refractivity contribution in [1.82, 2.24) is 4.90 Å². The number of piperidine rings is 1. The van der Waals surface area contributed by atoms with E-state index >= 15 is 0 Å². The second-order valence-electron chi connectivity index (χ2n) is 6.06. The van der Waals surface area contributed by atoms with Crippen LogP contribution in [0.5, 0.6) is 0 Å². The van der Waals surface area contributed by atoms with E-state index in [0.717, 1.165) is 31.7 Å². The van der Waals surface area contributed by atoms with Crippen LogP contribution in [0.25, 0.3) is 0 Å². The Labute approximate surface area is 139 Å². The lowest BCUT2D eigenvalue weighted by Crippen LogP contribution is -2.52. The van der Waals surface area contributed by atoms with Crippen molar-refractivity contribution in [2.75, 3.05) is 26.3 Å². The Morgan fingerprint density at radius 3 is 2.33 bits per heavy atom. The molecule has 24 heavy (non-hydrogen) atoms. The molecule has 0 saturated carbocycles. The van der Waals surface area contributed by atoms with Crippen LogP contribution < -0.4 is 0 Å². The summed E-state index contributed by atoms with van der Waals surface area (Å²) in [4.78, 5) is 24.4. The van der Waals surface area contributed by atoms with Crippen LogP contribution in [-0.4, -0.2) is 48.2 Å². The second kappa shape index (κ2) is 8.19. The fraction of sp³-hybridized carbons (Fsp3) is 0.529. The largest absolute Gasteiger partial charge is 0.480 e. The Bertz CT molecular complexity index is 565. The van der Waals surface area contributed by atoms with Gasteiger partial charge in [-0.3, -0.25) is 9.59 Å². The molecule has 0 aromatic heterocycles. The Morgan fingerprint density at radius 1 is 1.21 bits per heavy atom. The molecular formula is C17H21F2NO4. The van der Waals surface area contributed by atoms with Crippen molar-refractivity contribution in [3.8, 4) is 0 Å². The van der Waals surface area contributed by atoms with Crippen molar-refractivity contribution in [2.24, 2.45) is 5.41 Å². The molecule has 0 radical (unpaired) electrons. The zero-order valence-corrected chi connectivity index (χ0v) is 13.3. The minimum atomic E-state index is -0.933. The minimum Gasteiger partial charge on any atom is -0.480 e. The molecule has 1 aromatic rings. The van der Waals surface area contributed by atoms with Crippen LogP contribution in [0.3, 0.4) is 0 Å². The number of benzene rings is 1. The maximum absolute atomic E-state index is 12.2. The van der Waals surface area contributed by atoms with Gasteiger partial charge in [0.05, 0.1) is 5.41 Å². The first kappa shape index (κ1) is 18.3. The predicted octanol–water partition coefficient (Wildman–Crippen LogP) is 2.46. The van der Waals surface area contributed by atoms with Gasteiger partial charge in [-0.1, -0.05) is 6.07 Å². The first-order valence-corrected chi connectivity index (χ1v) is 7.93. The summed E-state index contributed by atoms with van der Waals surface area (Å²) in [6.07, 6.45) is 3.26. The lowest BCUT2D eigenvalue weighted by Gasteiger charge is -2.43. The average Bonchev–Trinajstić information content (AvgIpc) is 2.53. The molecule has 2 heterocycles. The van der Waals surface area contributed by atoms with Gasteiger partial charge < -0.3 is 14.7 Å². The lowest BCUT2D eigenvalue weighted by atomic mass is 9.73. The number of aliphatic carboxylic acids is 1. The maximum Gasteiger partial charge on any atom is 0.323 e. The van der Waals surface area contributed by atoms with Crippen molar-refractivity contribution in [1.29, 1.82) is 0 Å². The van der Waals surface area contributed by atoms with E-state index in [9.17, 15) is 18.4 Å². The van der Waals surface area contributed by atoms with E-state index in [1.165, 1.54) is 23.1 Å². The van der Waals surface area contributed by atoms with E-state index in [1.54, 1.807) is 0 Å². The number of carboxylic acid groups (broad SMARTS) is 1. The van der Waals surface area contributed by atoms with E-state index in [4.69, 9.17) is 9.84 Å². The number of nitrogens with zero attached hydrogens (tertiary/aromatic N) is 1. The summed E-state index contributed by atoms with van der Waals surface area (Å²) >= 11 is 0. The van der Waals surface area contributed by atoms with E-state index < -0.39 is 17.6 Å². The zero-order valence-electron chi connectivity index (χ0n) is 13.3. The van der Waals surface area contributed by atoms with Crippen LogP contribution in [0.2, 0.25) is 0 Å². The van der Waals surface area contributed by atoms with E-state index in [1.807, 2.05) is 0 Å². The number of halogens is 2. The van der Waals surface area contributed by atoms with E-state index in [0.29, 0.717) is 19.8 Å². The molecule has 1 N–H and O–H groups in total. The van der Waals surface area contributed by atoms with Gasteiger partial charge in [-0.05, 0) is 37.8 Å². The van der Waals surface area contributed by atoms with Gasteiger partial charge in [0.2, 0.25) is 5.91 Å². The summed E-state index contributed by atoms with van der Waals surface area (Å²) in [5.74, 6) is -1.99. The Kier molecular flexibility index (Phi) is 6.25. The van der Waals surface area contributed by atoms with Gasteiger partial charge in [0.25, 0.3) is 0 Å². The summed E-state index contributed by atoms with van der Waals surface area (Å²) in [5.41, 5.74) is -0.327. The Morgan fingerprint density at radius 2 is 1.83 bits per heavy atom. The van der Waals surface area contributed by atoms with E-state index in [2.05, 4.69) is 0 Å². The summed E-state index contributed by atoms with van der Waals surface area (Å²) in [6.45, 7) is 1.65. The van der Waals surface area contributed by atoms with Gasteiger partial charge >= 0.3 is 5.97 Å². The topological polar surface area (TPSA) is 66.8 Å². The molecule has 132 valence electrons. The van der Waals surface area contributed by atoms with E-state index in [-0.39, 0.29) is 17.9 Å². The number of rotatable bonds is 2. The number of ether oxygens (including phenoxy) is 1. The normalized spacial score (nSPS) is 19.6. The number of carbonyl (C=O) groups is 2. The minimum absolute atomic E-state index is 0.0180. The van der Waals surface area contributed by atoms with Crippen LogP contribution in [0.15, 0.2) is 24.3 Å². The van der Waals surface area contributed by atoms with Gasteiger partial charge in [-0.15, -0.1) is 0 Å². The lowest BCUT2D eigenvalue weighted by molar-refractivity contribution is -0.158. The molecule has 1 aromatic carbocycles. The third-order valence-corrected chi connectivity index (χ3v) is 4.39. The number of likely N-dealkylation sites (tertiary alicyclic amines) is 1. The molecule has 0 aliphatic carbocycles. The smallest absolute Gasteiger partial charge is 0.323 e. The Balaban J connectivity index is 0.000000219. The molecule has 2 fully saturated rings. The first-order chi connectivity index (χ1) is 11.4. The van der Waals surface area contributed by atoms with Crippen molar-refractivity contribution < 1.29 is 28.2 Å². The number of hydrogen-bond donors (Lipinski definition) is 1. The SMILES string of the molecule is Fc1cccc(F)c1.O=C(O)CN1CCCC2(CCOCC2)C1=O. The molecule has 0 atom stereocenters. The van der Waals surface area contributed by atoms with Crippen LogP contribution >= 0.6 is 0 Å². The van der Waals surface area contributed by atoms with Gasteiger partial charge in [0.1, 0.15) is 18.2 Å². The van der Waals surface area contributed by atoms with Gasteiger partial charge in [0, 0.05) is 25.8 Å². The molecule has 2 aliphatic heterocycles. The summed E-state index contributed by atoms with van der Waals surface area (Å²) < 4.78 is 29.1. The van der Waals surface area contributed by atoms with Gasteiger partial charge in [-0.2, -0.15) is 0 Å². The molecule has 1 amide bonds. The highest BCUT2D eigenvalue weighted by Gasteiger charge is 2.44. The molecule has 2 saturated heterocycles. The first-order valence-electron chi connectivity index (χ1n) is 7.93. The highest BCUT2D eigenvalue weighted by molar-refractivity contribution is 5.86. The molecule has 3 rings (SSSR count). The van der Waals surface area contributed by atoms with Crippen LogP contribution in [0, 0.1) is 17.0 Å². The quantitative estimate of drug-likeness (QED) is 0.897. The molecular weight excluding hydrogens is 320 g/mol. The summed E-state index contributed by atoms with van der Waals surface area (Å²) in [6, 6.07) is 4.55. The number of hydrogen-bond acceptors (Lipinski definition) is 3.